The number of aryl methyl sites for hydroxylation is 2. The van der Waals surface area contributed by atoms with Crippen LogP contribution in [0.3, 0.4) is 0 Å². The molecular weight excluding hydrogens is 432 g/mol. The number of nitriles is 1. The summed E-state index contributed by atoms with van der Waals surface area (Å²) in [6.45, 7) is 4.61. The molecule has 172 valence electrons. The number of pyridine rings is 1. The molecule has 0 fully saturated rings. The first-order chi connectivity index (χ1) is 16.2. The Morgan fingerprint density at radius 1 is 1.15 bits per heavy atom. The van der Waals surface area contributed by atoms with Crippen LogP contribution in [-0.4, -0.2) is 54.5 Å². The van der Waals surface area contributed by atoms with Crippen LogP contribution in [-0.2, 0) is 0 Å². The summed E-state index contributed by atoms with van der Waals surface area (Å²) in [5, 5.41) is 35.9. The van der Waals surface area contributed by atoms with Crippen molar-refractivity contribution in [1.82, 2.24) is 24.9 Å². The lowest BCUT2D eigenvalue weighted by Gasteiger charge is -2.20. The van der Waals surface area contributed by atoms with Crippen molar-refractivity contribution in [2.24, 2.45) is 0 Å². The van der Waals surface area contributed by atoms with E-state index in [0.29, 0.717) is 22.5 Å². The second-order valence-corrected chi connectivity index (χ2v) is 8.47. The van der Waals surface area contributed by atoms with Crippen LogP contribution in [0.2, 0.25) is 0 Å². The highest BCUT2D eigenvalue weighted by atomic mass is 16.3. The molecule has 1 unspecified atom stereocenters. The lowest BCUT2D eigenvalue weighted by atomic mass is 9.99. The van der Waals surface area contributed by atoms with E-state index in [9.17, 15) is 20.3 Å². The molecule has 0 saturated heterocycles. The number of fused-ring (bicyclic) bond motifs is 1. The van der Waals surface area contributed by atoms with Crippen molar-refractivity contribution in [2.75, 3.05) is 13.2 Å². The van der Waals surface area contributed by atoms with E-state index in [-0.39, 0.29) is 12.2 Å². The van der Waals surface area contributed by atoms with Crippen LogP contribution in [0.1, 0.15) is 34.4 Å². The number of hydrogen-bond donors (Lipinski definition) is 3. The van der Waals surface area contributed by atoms with Crippen molar-refractivity contribution < 1.29 is 15.0 Å². The summed E-state index contributed by atoms with van der Waals surface area (Å²) in [6, 6.07) is 14.7. The zero-order chi connectivity index (χ0) is 24.5. The smallest absolute Gasteiger partial charge is 0.270 e. The molecule has 3 N–H and O–H groups in total. The number of aromatic nitrogens is 4. The number of carbonyl (C=O) groups excluding carboxylic acids is 1. The normalized spacial score (nSPS) is 12.8. The molecule has 0 aliphatic rings. The Balaban J connectivity index is 1.89. The second-order valence-electron chi connectivity index (χ2n) is 8.47. The van der Waals surface area contributed by atoms with Crippen molar-refractivity contribution in [1.29, 1.82) is 5.26 Å². The van der Waals surface area contributed by atoms with Crippen molar-refractivity contribution in [3.05, 3.63) is 71.3 Å². The zero-order valence-electron chi connectivity index (χ0n) is 19.1. The van der Waals surface area contributed by atoms with Gasteiger partial charge in [-0.1, -0.05) is 12.1 Å². The van der Waals surface area contributed by atoms with Crippen LogP contribution in [0.5, 0.6) is 0 Å². The minimum atomic E-state index is -1.44. The van der Waals surface area contributed by atoms with E-state index >= 15 is 0 Å². The maximum absolute atomic E-state index is 12.7. The number of benzene rings is 1. The molecular formula is C25H24N6O3. The zero-order valence-corrected chi connectivity index (χ0v) is 19.1. The summed E-state index contributed by atoms with van der Waals surface area (Å²) < 4.78 is 1.59. The molecule has 0 radical (unpaired) electrons. The van der Waals surface area contributed by atoms with E-state index in [2.05, 4.69) is 21.4 Å². The average molecular weight is 457 g/mol. The summed E-state index contributed by atoms with van der Waals surface area (Å²) in [6.07, 6.45) is 1.64. The van der Waals surface area contributed by atoms with Crippen LogP contribution in [0.15, 0.2) is 48.7 Å². The summed E-state index contributed by atoms with van der Waals surface area (Å²) in [4.78, 5) is 21.8. The van der Waals surface area contributed by atoms with Crippen molar-refractivity contribution in [3.63, 3.8) is 0 Å². The monoisotopic (exact) mass is 456 g/mol. The van der Waals surface area contributed by atoms with Gasteiger partial charge in [-0.15, -0.1) is 0 Å². The number of amides is 1. The largest absolute Gasteiger partial charge is 0.393 e. The van der Waals surface area contributed by atoms with Crippen LogP contribution >= 0.6 is 0 Å². The fraction of sp³-hybridized carbons (Fsp3) is 0.240. The third-order valence-electron chi connectivity index (χ3n) is 5.32. The predicted octanol–water partition coefficient (Wildman–Crippen LogP) is 2.42. The first-order valence-corrected chi connectivity index (χ1v) is 10.7. The van der Waals surface area contributed by atoms with Crippen molar-refractivity contribution in [2.45, 2.75) is 26.4 Å². The Bertz CT molecular complexity index is 1410. The summed E-state index contributed by atoms with van der Waals surface area (Å²) in [5.41, 5.74) is 4.24. The number of hydrogen-bond acceptors (Lipinski definition) is 7. The van der Waals surface area contributed by atoms with E-state index in [1.54, 1.807) is 28.9 Å². The maximum Gasteiger partial charge on any atom is 0.270 e. The maximum atomic E-state index is 12.7. The Kier molecular flexibility index (Phi) is 6.11. The molecule has 0 aliphatic carbocycles. The van der Waals surface area contributed by atoms with Gasteiger partial charge in [-0.3, -0.25) is 9.78 Å². The SMILES string of the molecule is Cc1cc(-c2c(-c3cccc(C#N)c3)nn3ccc(C(=O)NCC(C)(O)CO)nc23)cc(C)n1. The van der Waals surface area contributed by atoms with Gasteiger partial charge in [0, 0.05) is 29.7 Å². The predicted molar refractivity (Wildman–Crippen MR) is 126 cm³/mol. The van der Waals surface area contributed by atoms with Gasteiger partial charge < -0.3 is 15.5 Å². The lowest BCUT2D eigenvalue weighted by molar-refractivity contribution is 0.00316. The molecule has 0 spiro atoms. The molecule has 3 heterocycles. The van der Waals surface area contributed by atoms with Crippen molar-refractivity contribution >= 4 is 11.6 Å². The first kappa shape index (κ1) is 23.0. The highest BCUT2D eigenvalue weighted by Crippen LogP contribution is 2.35. The molecule has 9 heteroatoms. The van der Waals surface area contributed by atoms with Crippen LogP contribution in [0.4, 0.5) is 0 Å². The van der Waals surface area contributed by atoms with Gasteiger partial charge in [0.25, 0.3) is 5.91 Å². The third kappa shape index (κ3) is 4.64. The molecule has 0 saturated carbocycles. The molecule has 1 aromatic carbocycles. The topological polar surface area (TPSA) is 136 Å². The van der Waals surface area contributed by atoms with E-state index in [1.807, 2.05) is 32.0 Å². The van der Waals surface area contributed by atoms with E-state index in [0.717, 1.165) is 22.5 Å². The van der Waals surface area contributed by atoms with E-state index in [1.165, 1.54) is 13.0 Å². The van der Waals surface area contributed by atoms with Gasteiger partial charge in [0.2, 0.25) is 0 Å². The molecule has 1 amide bonds. The number of aliphatic hydroxyl groups excluding tert-OH is 1. The van der Waals surface area contributed by atoms with Crippen LogP contribution in [0, 0.1) is 25.2 Å². The number of nitrogens with one attached hydrogen (secondary N) is 1. The number of carbonyl (C=O) groups is 1. The molecule has 0 bridgehead atoms. The summed E-state index contributed by atoms with van der Waals surface area (Å²) in [5.74, 6) is -0.488. The van der Waals surface area contributed by atoms with Gasteiger partial charge in [0.05, 0.1) is 23.8 Å². The highest BCUT2D eigenvalue weighted by molar-refractivity contribution is 5.95. The second kappa shape index (κ2) is 9.02. The minimum absolute atomic E-state index is 0.129. The first-order valence-electron chi connectivity index (χ1n) is 10.7. The van der Waals surface area contributed by atoms with Crippen molar-refractivity contribution in [3.8, 4) is 28.5 Å². The fourth-order valence-electron chi connectivity index (χ4n) is 3.66. The van der Waals surface area contributed by atoms with Crippen LogP contribution in [0.25, 0.3) is 28.0 Å². The van der Waals surface area contributed by atoms with Gasteiger partial charge in [-0.2, -0.15) is 10.4 Å². The molecule has 0 aliphatic heterocycles. The van der Waals surface area contributed by atoms with Crippen LogP contribution < -0.4 is 5.32 Å². The van der Waals surface area contributed by atoms with Gasteiger partial charge in [-0.25, -0.2) is 9.50 Å². The molecule has 3 aromatic heterocycles. The molecule has 9 nitrogen and oxygen atoms in total. The Labute approximate surface area is 196 Å². The minimum Gasteiger partial charge on any atom is -0.393 e. The van der Waals surface area contributed by atoms with Gasteiger partial charge in [-0.05, 0) is 56.7 Å². The Hall–Kier alpha value is -4.13. The summed E-state index contributed by atoms with van der Waals surface area (Å²) in [7, 11) is 0. The standard InChI is InChI=1S/C25H24N6O3/c1-15-9-19(10-16(2)28-15)21-22(18-6-4-5-17(11-18)12-26)30-31-8-7-20(29-23(21)31)24(33)27-13-25(3,34)14-32/h4-11,32,34H,13-14H2,1-3H3,(H,27,33). The lowest BCUT2D eigenvalue weighted by Crippen LogP contribution is -2.43. The number of rotatable bonds is 6. The molecule has 4 rings (SSSR count). The summed E-state index contributed by atoms with van der Waals surface area (Å²) >= 11 is 0. The molecule has 34 heavy (non-hydrogen) atoms. The molecule has 1 atom stereocenters. The number of nitrogens with zero attached hydrogens (tertiary/aromatic N) is 5. The van der Waals surface area contributed by atoms with E-state index < -0.39 is 18.1 Å². The fourth-order valence-corrected chi connectivity index (χ4v) is 3.66. The van der Waals surface area contributed by atoms with Gasteiger partial charge >= 0.3 is 0 Å². The highest BCUT2D eigenvalue weighted by Gasteiger charge is 2.23. The van der Waals surface area contributed by atoms with E-state index in [4.69, 9.17) is 5.10 Å². The Morgan fingerprint density at radius 3 is 2.56 bits per heavy atom. The van der Waals surface area contributed by atoms with Gasteiger partial charge in [0.15, 0.2) is 5.65 Å². The van der Waals surface area contributed by atoms with Gasteiger partial charge in [0.1, 0.15) is 17.0 Å². The molecule has 4 aromatic rings. The number of aliphatic hydroxyl groups is 2. The quantitative estimate of drug-likeness (QED) is 0.405. The average Bonchev–Trinajstić information content (AvgIpc) is 3.21. The third-order valence-corrected chi connectivity index (χ3v) is 5.32. The Morgan fingerprint density at radius 2 is 1.88 bits per heavy atom.